The van der Waals surface area contributed by atoms with Crippen LogP contribution in [0.15, 0.2) is 0 Å². The number of terminal acetylenes is 1. The van der Waals surface area contributed by atoms with Crippen molar-refractivity contribution < 1.29 is 27.9 Å². The number of methoxy groups -OCH3 is 1. The number of sulfonamides is 1. The van der Waals surface area contributed by atoms with Crippen molar-refractivity contribution in [3.05, 3.63) is 0 Å². The molecule has 0 bridgehead atoms. The lowest BCUT2D eigenvalue weighted by Gasteiger charge is -2.20. The van der Waals surface area contributed by atoms with Gasteiger partial charge in [0.15, 0.2) is 5.25 Å². The van der Waals surface area contributed by atoms with Crippen LogP contribution in [-0.2, 0) is 24.3 Å². The largest absolute Gasteiger partial charge is 0.480 e. The standard InChI is InChI=1S/C9H13NO6S/c1-4-5-10(6-8(11)12)17(14,15)7(2)9(13)16-3/h1,7H,5-6H2,2-3H3,(H,11,12). The normalized spacial score (nSPS) is 12.8. The fraction of sp³-hybridized carbons (Fsp3) is 0.556. The Labute approximate surface area is 99.4 Å². The SMILES string of the molecule is C#CCN(CC(=O)O)S(=O)(=O)C(C)C(=O)OC. The molecule has 0 aromatic heterocycles. The first-order valence-corrected chi connectivity index (χ1v) is 5.99. The summed E-state index contributed by atoms with van der Waals surface area (Å²) in [5.41, 5.74) is 0. The average Bonchev–Trinajstić information content (AvgIpc) is 2.25. The Kier molecular flexibility index (Phi) is 5.64. The molecule has 0 aromatic rings. The maximum absolute atomic E-state index is 11.8. The predicted octanol–water partition coefficient (Wildman–Crippen LogP) is -1.10. The van der Waals surface area contributed by atoms with Crippen molar-refractivity contribution in [1.29, 1.82) is 0 Å². The minimum atomic E-state index is -4.13. The van der Waals surface area contributed by atoms with Gasteiger partial charge in [0.25, 0.3) is 0 Å². The van der Waals surface area contributed by atoms with E-state index < -0.39 is 40.3 Å². The van der Waals surface area contributed by atoms with Crippen molar-refractivity contribution in [2.75, 3.05) is 20.2 Å². The third-order valence-corrected chi connectivity index (χ3v) is 3.98. The molecule has 0 aliphatic rings. The molecule has 0 radical (unpaired) electrons. The van der Waals surface area contributed by atoms with Gasteiger partial charge in [-0.25, -0.2) is 8.42 Å². The monoisotopic (exact) mass is 263 g/mol. The van der Waals surface area contributed by atoms with E-state index in [0.717, 1.165) is 14.0 Å². The summed E-state index contributed by atoms with van der Waals surface area (Å²) >= 11 is 0. The van der Waals surface area contributed by atoms with Gasteiger partial charge in [-0.05, 0) is 6.92 Å². The second-order valence-corrected chi connectivity index (χ2v) is 5.33. The van der Waals surface area contributed by atoms with E-state index in [-0.39, 0.29) is 0 Å². The van der Waals surface area contributed by atoms with Gasteiger partial charge in [0.05, 0.1) is 13.7 Å². The van der Waals surface area contributed by atoms with Crippen molar-refractivity contribution in [2.24, 2.45) is 0 Å². The van der Waals surface area contributed by atoms with Crippen LogP contribution in [0.4, 0.5) is 0 Å². The molecule has 8 heteroatoms. The number of hydrogen-bond donors (Lipinski definition) is 1. The van der Waals surface area contributed by atoms with Crippen LogP contribution in [0, 0.1) is 12.3 Å². The van der Waals surface area contributed by atoms with Crippen LogP contribution in [0.25, 0.3) is 0 Å². The summed E-state index contributed by atoms with van der Waals surface area (Å²) in [5, 5.41) is 7.06. The zero-order valence-electron chi connectivity index (χ0n) is 9.41. The summed E-state index contributed by atoms with van der Waals surface area (Å²) in [5.74, 6) is -0.313. The van der Waals surface area contributed by atoms with Crippen LogP contribution in [0.2, 0.25) is 0 Å². The van der Waals surface area contributed by atoms with Crippen molar-refractivity contribution >= 4 is 22.0 Å². The van der Waals surface area contributed by atoms with Gasteiger partial charge in [-0.1, -0.05) is 5.92 Å². The van der Waals surface area contributed by atoms with Crippen LogP contribution in [0.3, 0.4) is 0 Å². The first-order valence-electron chi connectivity index (χ1n) is 4.49. The quantitative estimate of drug-likeness (QED) is 0.482. The predicted molar refractivity (Wildman–Crippen MR) is 58.4 cm³/mol. The molecule has 0 aromatic carbocycles. The molecule has 0 spiro atoms. The van der Waals surface area contributed by atoms with Crippen LogP contribution in [0.1, 0.15) is 6.92 Å². The number of carbonyl (C=O) groups excluding carboxylic acids is 1. The summed E-state index contributed by atoms with van der Waals surface area (Å²) in [6.45, 7) is -0.115. The van der Waals surface area contributed by atoms with Gasteiger partial charge in [0, 0.05) is 0 Å². The molecule has 0 heterocycles. The third kappa shape index (κ3) is 4.05. The number of esters is 1. The van der Waals surface area contributed by atoms with Crippen molar-refractivity contribution in [2.45, 2.75) is 12.2 Å². The van der Waals surface area contributed by atoms with Gasteiger partial charge in [-0.2, -0.15) is 4.31 Å². The van der Waals surface area contributed by atoms with E-state index in [4.69, 9.17) is 11.5 Å². The van der Waals surface area contributed by atoms with E-state index in [1.54, 1.807) is 0 Å². The Morgan fingerprint density at radius 1 is 1.53 bits per heavy atom. The topological polar surface area (TPSA) is 101 Å². The first kappa shape index (κ1) is 15.4. The lowest BCUT2D eigenvalue weighted by molar-refractivity contribution is -0.140. The second-order valence-electron chi connectivity index (χ2n) is 3.08. The van der Waals surface area contributed by atoms with Crippen LogP contribution >= 0.6 is 0 Å². The van der Waals surface area contributed by atoms with Crippen molar-refractivity contribution in [3.8, 4) is 12.3 Å². The van der Waals surface area contributed by atoms with Gasteiger partial charge < -0.3 is 9.84 Å². The molecule has 1 atom stereocenters. The van der Waals surface area contributed by atoms with E-state index >= 15 is 0 Å². The Balaban J connectivity index is 5.16. The number of carboxylic acid groups (broad SMARTS) is 1. The molecule has 0 amide bonds. The van der Waals surface area contributed by atoms with E-state index in [1.165, 1.54) is 0 Å². The number of carboxylic acids is 1. The lowest BCUT2D eigenvalue weighted by Crippen LogP contribution is -2.44. The molecule has 7 nitrogen and oxygen atoms in total. The number of hydrogen-bond acceptors (Lipinski definition) is 5. The summed E-state index contributed by atoms with van der Waals surface area (Å²) in [7, 11) is -3.10. The molecule has 0 fully saturated rings. The molecule has 17 heavy (non-hydrogen) atoms. The van der Waals surface area contributed by atoms with Gasteiger partial charge in [-0.15, -0.1) is 6.42 Å². The molecule has 0 aliphatic heterocycles. The van der Waals surface area contributed by atoms with Crippen molar-refractivity contribution in [3.63, 3.8) is 0 Å². The molecule has 1 unspecified atom stereocenters. The first-order chi connectivity index (χ1) is 7.77. The zero-order valence-corrected chi connectivity index (χ0v) is 10.2. The fourth-order valence-electron chi connectivity index (χ4n) is 1.000. The Hall–Kier alpha value is -1.59. The highest BCUT2D eigenvalue weighted by molar-refractivity contribution is 7.90. The summed E-state index contributed by atoms with van der Waals surface area (Å²) < 4.78 is 28.5. The lowest BCUT2D eigenvalue weighted by atomic mass is 10.5. The molecule has 0 aliphatic carbocycles. The minimum Gasteiger partial charge on any atom is -0.480 e. The van der Waals surface area contributed by atoms with Crippen LogP contribution < -0.4 is 0 Å². The smallest absolute Gasteiger partial charge is 0.325 e. The molecule has 0 saturated carbocycles. The number of carbonyl (C=O) groups is 2. The van der Waals surface area contributed by atoms with E-state index in [0.29, 0.717) is 4.31 Å². The molecule has 1 N–H and O–H groups in total. The maximum Gasteiger partial charge on any atom is 0.325 e. The second kappa shape index (κ2) is 6.22. The maximum atomic E-state index is 11.8. The Bertz CT molecular complexity index is 435. The van der Waals surface area contributed by atoms with Gasteiger partial charge in [0.2, 0.25) is 10.0 Å². The highest BCUT2D eigenvalue weighted by Crippen LogP contribution is 2.10. The molecular formula is C9H13NO6S. The number of nitrogens with zero attached hydrogens (tertiary/aromatic N) is 1. The third-order valence-electron chi connectivity index (χ3n) is 1.92. The summed E-state index contributed by atoms with van der Waals surface area (Å²) in [6, 6.07) is 0. The Morgan fingerprint density at radius 2 is 2.06 bits per heavy atom. The van der Waals surface area contributed by atoms with Crippen LogP contribution in [-0.4, -0.2) is 55.2 Å². The van der Waals surface area contributed by atoms with E-state index in [1.807, 2.05) is 5.92 Å². The fourth-order valence-corrected chi connectivity index (χ4v) is 2.33. The van der Waals surface area contributed by atoms with Crippen molar-refractivity contribution in [1.82, 2.24) is 4.31 Å². The van der Waals surface area contributed by atoms with Crippen LogP contribution in [0.5, 0.6) is 0 Å². The average molecular weight is 263 g/mol. The van der Waals surface area contributed by atoms with Gasteiger partial charge in [-0.3, -0.25) is 9.59 Å². The molecular weight excluding hydrogens is 250 g/mol. The number of rotatable bonds is 6. The minimum absolute atomic E-state index is 0.421. The van der Waals surface area contributed by atoms with E-state index in [2.05, 4.69) is 4.74 Å². The number of ether oxygens (including phenoxy) is 1. The van der Waals surface area contributed by atoms with Gasteiger partial charge in [0.1, 0.15) is 6.54 Å². The molecule has 96 valence electrons. The molecule has 0 rings (SSSR count). The molecule has 0 saturated heterocycles. The summed E-state index contributed by atoms with van der Waals surface area (Å²) in [6.07, 6.45) is 4.95. The Morgan fingerprint density at radius 3 is 2.41 bits per heavy atom. The van der Waals surface area contributed by atoms with E-state index in [9.17, 15) is 18.0 Å². The summed E-state index contributed by atoms with van der Waals surface area (Å²) in [4.78, 5) is 21.6. The zero-order chi connectivity index (χ0) is 13.6. The number of aliphatic carboxylic acids is 1. The highest BCUT2D eigenvalue weighted by Gasteiger charge is 2.35. The van der Waals surface area contributed by atoms with Gasteiger partial charge >= 0.3 is 11.9 Å². The highest BCUT2D eigenvalue weighted by atomic mass is 32.2.